The Morgan fingerprint density at radius 3 is 2.37 bits per heavy atom. The Labute approximate surface area is 115 Å². The van der Waals surface area contributed by atoms with Crippen LogP contribution in [0.5, 0.6) is 0 Å². The number of esters is 1. The summed E-state index contributed by atoms with van der Waals surface area (Å²) in [5, 5.41) is 0. The molecule has 0 saturated carbocycles. The van der Waals surface area contributed by atoms with Crippen molar-refractivity contribution in [1.29, 1.82) is 0 Å². The number of terminal acetylenes is 1. The van der Waals surface area contributed by atoms with Gasteiger partial charge in [0.25, 0.3) is 0 Å². The number of rotatable bonds is 3. The van der Waals surface area contributed by atoms with Gasteiger partial charge in [-0.25, -0.2) is 0 Å². The summed E-state index contributed by atoms with van der Waals surface area (Å²) in [6, 6.07) is 9.80. The Hall–Kier alpha value is -2.01. The van der Waals surface area contributed by atoms with Crippen LogP contribution >= 0.6 is 0 Å². The summed E-state index contributed by atoms with van der Waals surface area (Å²) in [7, 11) is 0. The Morgan fingerprint density at radius 1 is 1.32 bits per heavy atom. The molecule has 0 aromatic heterocycles. The van der Waals surface area contributed by atoms with E-state index in [0.717, 1.165) is 11.1 Å². The zero-order valence-electron chi connectivity index (χ0n) is 11.9. The Balaban J connectivity index is 2.84. The van der Waals surface area contributed by atoms with Crippen LogP contribution in [0, 0.1) is 17.8 Å². The summed E-state index contributed by atoms with van der Waals surface area (Å²) in [5.41, 5.74) is 1.32. The van der Waals surface area contributed by atoms with Gasteiger partial charge in [0, 0.05) is 0 Å². The fraction of sp³-hybridized carbons (Fsp3) is 0.353. The molecule has 1 atom stereocenters. The van der Waals surface area contributed by atoms with Gasteiger partial charge in [0.1, 0.15) is 0 Å². The highest BCUT2D eigenvalue weighted by atomic mass is 16.5. The van der Waals surface area contributed by atoms with E-state index in [1.165, 1.54) is 0 Å². The minimum atomic E-state index is -0.619. The van der Waals surface area contributed by atoms with Crippen LogP contribution < -0.4 is 0 Å². The van der Waals surface area contributed by atoms with Crippen LogP contribution in [-0.2, 0) is 9.53 Å². The minimum absolute atomic E-state index is 0.295. The molecule has 1 unspecified atom stereocenters. The minimum Gasteiger partial charge on any atom is -0.444 e. The number of hydrogen-bond acceptors (Lipinski definition) is 2. The zero-order chi connectivity index (χ0) is 14.5. The van der Waals surface area contributed by atoms with Crippen molar-refractivity contribution < 1.29 is 9.53 Å². The molecule has 2 heteroatoms. The molecule has 2 nitrogen and oxygen atoms in total. The summed E-state index contributed by atoms with van der Waals surface area (Å²) >= 11 is 0. The molecule has 100 valence electrons. The van der Waals surface area contributed by atoms with Gasteiger partial charge in [-0.15, -0.1) is 6.42 Å². The van der Waals surface area contributed by atoms with E-state index in [4.69, 9.17) is 11.2 Å². The molecule has 0 aliphatic heterocycles. The Kier molecular flexibility index (Phi) is 4.94. The van der Waals surface area contributed by atoms with Crippen LogP contribution in [-0.4, -0.2) is 12.1 Å². The fourth-order valence-corrected chi connectivity index (χ4v) is 1.43. The largest absolute Gasteiger partial charge is 0.444 e. The van der Waals surface area contributed by atoms with Gasteiger partial charge in [-0.3, -0.25) is 4.79 Å². The summed E-state index contributed by atoms with van der Waals surface area (Å²) in [6.45, 7) is 7.28. The molecule has 1 rings (SSSR count). The van der Waals surface area contributed by atoms with E-state index in [9.17, 15) is 4.79 Å². The third-order valence-electron chi connectivity index (χ3n) is 2.60. The van der Waals surface area contributed by atoms with Crippen molar-refractivity contribution in [2.24, 2.45) is 5.41 Å². The summed E-state index contributed by atoms with van der Waals surface area (Å²) in [4.78, 5) is 11.8. The fourth-order valence-electron chi connectivity index (χ4n) is 1.43. The van der Waals surface area contributed by atoms with Gasteiger partial charge in [0.15, 0.2) is 6.10 Å². The molecule has 0 aliphatic carbocycles. The summed E-state index contributed by atoms with van der Waals surface area (Å²) < 4.78 is 5.35. The van der Waals surface area contributed by atoms with Crippen molar-refractivity contribution in [1.82, 2.24) is 0 Å². The van der Waals surface area contributed by atoms with E-state index < -0.39 is 11.5 Å². The molecule has 0 N–H and O–H groups in total. The van der Waals surface area contributed by atoms with E-state index in [1.807, 2.05) is 43.3 Å². The van der Waals surface area contributed by atoms with Gasteiger partial charge in [0.05, 0.1) is 5.41 Å². The molecule has 1 aromatic carbocycles. The molecule has 0 amide bonds. The van der Waals surface area contributed by atoms with Gasteiger partial charge in [-0.1, -0.05) is 42.3 Å². The number of carbonyl (C=O) groups is 1. The molecule has 0 fully saturated rings. The van der Waals surface area contributed by atoms with Crippen LogP contribution in [0.1, 0.15) is 33.3 Å². The topological polar surface area (TPSA) is 26.3 Å². The second-order valence-electron chi connectivity index (χ2n) is 5.50. The van der Waals surface area contributed by atoms with Gasteiger partial charge in [-0.2, -0.15) is 0 Å². The third kappa shape index (κ3) is 4.63. The van der Waals surface area contributed by atoms with Gasteiger partial charge in [-0.05, 0) is 38.8 Å². The summed E-state index contributed by atoms with van der Waals surface area (Å²) in [5.74, 6) is 2.22. The number of ether oxygens (including phenoxy) is 1. The lowest BCUT2D eigenvalue weighted by Gasteiger charge is -2.20. The lowest BCUT2D eigenvalue weighted by molar-refractivity contribution is -0.154. The maximum atomic E-state index is 11.8. The first-order chi connectivity index (χ1) is 8.84. The van der Waals surface area contributed by atoms with Crippen LogP contribution in [0.4, 0.5) is 0 Å². The van der Waals surface area contributed by atoms with E-state index in [0.29, 0.717) is 0 Å². The predicted molar refractivity (Wildman–Crippen MR) is 78.3 cm³/mol. The van der Waals surface area contributed by atoms with Crippen molar-refractivity contribution >= 4 is 12.0 Å². The monoisotopic (exact) mass is 256 g/mol. The number of carbonyl (C=O) groups excluding carboxylic acids is 1. The zero-order valence-corrected chi connectivity index (χ0v) is 11.9. The SMILES string of the molecule is C#CC(OC(=O)C(C)(C)C)/C(C)=C/c1ccccc1. The molecule has 0 bridgehead atoms. The van der Waals surface area contributed by atoms with E-state index in [1.54, 1.807) is 20.8 Å². The van der Waals surface area contributed by atoms with Crippen molar-refractivity contribution in [2.45, 2.75) is 33.8 Å². The molecule has 1 aromatic rings. The maximum absolute atomic E-state index is 11.8. The second kappa shape index (κ2) is 6.24. The normalized spacial score (nSPS) is 13.5. The van der Waals surface area contributed by atoms with Crippen molar-refractivity contribution in [3.63, 3.8) is 0 Å². The van der Waals surface area contributed by atoms with Crippen molar-refractivity contribution in [2.75, 3.05) is 0 Å². The second-order valence-corrected chi connectivity index (χ2v) is 5.50. The number of benzene rings is 1. The molecular formula is C17H20O2. The van der Waals surface area contributed by atoms with E-state index in [2.05, 4.69) is 5.92 Å². The molecular weight excluding hydrogens is 236 g/mol. The van der Waals surface area contributed by atoms with E-state index in [-0.39, 0.29) is 5.97 Å². The first-order valence-electron chi connectivity index (χ1n) is 6.25. The summed E-state index contributed by atoms with van der Waals surface area (Å²) in [6.07, 6.45) is 6.76. The number of hydrogen-bond donors (Lipinski definition) is 0. The molecule has 0 aliphatic rings. The molecule has 0 radical (unpaired) electrons. The predicted octanol–water partition coefficient (Wildman–Crippen LogP) is 3.68. The highest BCUT2D eigenvalue weighted by Gasteiger charge is 2.26. The smallest absolute Gasteiger partial charge is 0.312 e. The standard InChI is InChI=1S/C17H20O2/c1-6-15(19-16(18)17(3,4)5)13(2)12-14-10-8-7-9-11-14/h1,7-12,15H,2-5H3/b13-12+. The highest BCUT2D eigenvalue weighted by molar-refractivity contribution is 5.76. The van der Waals surface area contributed by atoms with Gasteiger partial charge in [0.2, 0.25) is 0 Å². The van der Waals surface area contributed by atoms with Crippen LogP contribution in [0.2, 0.25) is 0 Å². The van der Waals surface area contributed by atoms with Crippen LogP contribution in [0.25, 0.3) is 6.08 Å². The van der Waals surface area contributed by atoms with Gasteiger partial charge >= 0.3 is 5.97 Å². The first-order valence-corrected chi connectivity index (χ1v) is 6.25. The molecule has 0 saturated heterocycles. The Bertz CT molecular complexity index is 498. The quantitative estimate of drug-likeness (QED) is 0.609. The maximum Gasteiger partial charge on any atom is 0.312 e. The van der Waals surface area contributed by atoms with E-state index >= 15 is 0 Å². The molecule has 19 heavy (non-hydrogen) atoms. The van der Waals surface area contributed by atoms with Crippen LogP contribution in [0.3, 0.4) is 0 Å². The van der Waals surface area contributed by atoms with Gasteiger partial charge < -0.3 is 4.74 Å². The average Bonchev–Trinajstić information content (AvgIpc) is 2.35. The van der Waals surface area contributed by atoms with Crippen LogP contribution in [0.15, 0.2) is 35.9 Å². The third-order valence-corrected chi connectivity index (χ3v) is 2.60. The molecule has 0 heterocycles. The average molecular weight is 256 g/mol. The Morgan fingerprint density at radius 2 is 1.89 bits per heavy atom. The lowest BCUT2D eigenvalue weighted by Crippen LogP contribution is -2.28. The van der Waals surface area contributed by atoms with Crippen molar-refractivity contribution in [3.8, 4) is 12.3 Å². The first kappa shape index (κ1) is 15.0. The van der Waals surface area contributed by atoms with Crippen molar-refractivity contribution in [3.05, 3.63) is 41.5 Å². The highest BCUT2D eigenvalue weighted by Crippen LogP contribution is 2.19. The molecule has 0 spiro atoms. The lowest BCUT2D eigenvalue weighted by atomic mass is 9.97.